The molecule has 0 N–H and O–H groups in total. The quantitative estimate of drug-likeness (QED) is 0.451. The number of hydrogen-bond acceptors (Lipinski definition) is 6. The lowest BCUT2D eigenvalue weighted by molar-refractivity contribution is -0.143. The fourth-order valence-electron chi connectivity index (χ4n) is 2.86. The van der Waals surface area contributed by atoms with Gasteiger partial charge in [0.25, 0.3) is 5.56 Å². The van der Waals surface area contributed by atoms with Gasteiger partial charge in [0.2, 0.25) is 0 Å². The molecule has 1 aromatic carbocycles. The van der Waals surface area contributed by atoms with Gasteiger partial charge in [0, 0.05) is 19.7 Å². The minimum Gasteiger partial charge on any atom is -0.456 e. The molecule has 0 amide bonds. The van der Waals surface area contributed by atoms with Crippen LogP contribution < -0.4 is 11.2 Å². The molecular weight excluding hydrogens is 364 g/mol. The minimum absolute atomic E-state index is 0.114. The summed E-state index contributed by atoms with van der Waals surface area (Å²) in [6.07, 6.45) is 2.16. The van der Waals surface area contributed by atoms with E-state index in [0.717, 1.165) is 16.6 Å². The van der Waals surface area contributed by atoms with Crippen LogP contribution in [0, 0.1) is 0 Å². The second-order valence-corrected chi connectivity index (χ2v) is 6.38. The summed E-state index contributed by atoms with van der Waals surface area (Å²) in [5.74, 6) is -1.00. The van der Waals surface area contributed by atoms with Crippen molar-refractivity contribution in [2.75, 3.05) is 6.61 Å². The summed E-state index contributed by atoms with van der Waals surface area (Å²) in [6.45, 7) is 1.32. The number of rotatable bonds is 6. The van der Waals surface area contributed by atoms with Crippen molar-refractivity contribution in [1.29, 1.82) is 0 Å². The number of benzene rings is 1. The van der Waals surface area contributed by atoms with Crippen molar-refractivity contribution >= 4 is 22.9 Å². The highest BCUT2D eigenvalue weighted by atomic mass is 16.5. The number of Topliss-reactive ketones (excluding diaryl/α,β-unsaturated/α-hetero) is 1. The highest BCUT2D eigenvalue weighted by molar-refractivity contribution is 5.98. The summed E-state index contributed by atoms with van der Waals surface area (Å²) >= 11 is 0. The third-order valence-electron chi connectivity index (χ3n) is 4.57. The van der Waals surface area contributed by atoms with Crippen molar-refractivity contribution in [2.24, 2.45) is 14.1 Å². The van der Waals surface area contributed by atoms with Gasteiger partial charge in [-0.1, -0.05) is 31.2 Å². The standard InChI is InChI=1S/C19H20N4O5/c1-4-12-5-7-13(8-6-12)14(24)10-28-15(25)9-23-11-20-17-16(23)18(26)22(3)19(27)21(17)2/h5-8,11H,4,9-10H2,1-3H3. The van der Waals surface area contributed by atoms with Crippen LogP contribution in [0.5, 0.6) is 0 Å². The Hall–Kier alpha value is -3.49. The molecule has 0 saturated heterocycles. The van der Waals surface area contributed by atoms with Crippen LogP contribution in [0.1, 0.15) is 22.8 Å². The first-order valence-corrected chi connectivity index (χ1v) is 8.72. The summed E-state index contributed by atoms with van der Waals surface area (Å²) in [6, 6.07) is 7.10. The first-order valence-electron chi connectivity index (χ1n) is 8.72. The predicted molar refractivity (Wildman–Crippen MR) is 101 cm³/mol. The Morgan fingerprint density at radius 3 is 2.39 bits per heavy atom. The van der Waals surface area contributed by atoms with E-state index in [1.54, 1.807) is 12.1 Å². The number of aromatic nitrogens is 4. The second-order valence-electron chi connectivity index (χ2n) is 6.38. The molecule has 9 heteroatoms. The molecule has 0 aliphatic carbocycles. The zero-order valence-electron chi connectivity index (χ0n) is 15.8. The fourth-order valence-corrected chi connectivity index (χ4v) is 2.86. The molecule has 0 bridgehead atoms. The van der Waals surface area contributed by atoms with E-state index in [4.69, 9.17) is 4.74 Å². The van der Waals surface area contributed by atoms with Gasteiger partial charge in [0.05, 0.1) is 6.33 Å². The minimum atomic E-state index is -0.686. The summed E-state index contributed by atoms with van der Waals surface area (Å²) < 4.78 is 8.52. The molecule has 0 fully saturated rings. The van der Waals surface area contributed by atoms with E-state index in [2.05, 4.69) is 4.98 Å². The third-order valence-corrected chi connectivity index (χ3v) is 4.57. The Bertz CT molecular complexity index is 1170. The fraction of sp³-hybridized carbons (Fsp3) is 0.316. The number of hydrogen-bond donors (Lipinski definition) is 0. The normalized spacial score (nSPS) is 11.0. The van der Waals surface area contributed by atoms with Gasteiger partial charge in [-0.25, -0.2) is 9.78 Å². The van der Waals surface area contributed by atoms with E-state index in [9.17, 15) is 19.2 Å². The maximum Gasteiger partial charge on any atom is 0.332 e. The average molecular weight is 384 g/mol. The van der Waals surface area contributed by atoms with Gasteiger partial charge >= 0.3 is 11.7 Å². The predicted octanol–water partition coefficient (Wildman–Crippen LogP) is 0.422. The number of imidazole rings is 1. The van der Waals surface area contributed by atoms with Crippen molar-refractivity contribution in [1.82, 2.24) is 18.7 Å². The molecule has 2 heterocycles. The largest absolute Gasteiger partial charge is 0.456 e. The van der Waals surface area contributed by atoms with Crippen LogP contribution in [0.15, 0.2) is 40.2 Å². The maximum atomic E-state index is 12.4. The molecule has 3 aromatic rings. The van der Waals surface area contributed by atoms with E-state index in [-0.39, 0.29) is 23.5 Å². The SMILES string of the molecule is CCc1ccc(C(=O)COC(=O)Cn2cnc3c2c(=O)n(C)c(=O)n3C)cc1. The van der Waals surface area contributed by atoms with Crippen molar-refractivity contribution in [2.45, 2.75) is 19.9 Å². The molecule has 0 aliphatic heterocycles. The number of esters is 1. The monoisotopic (exact) mass is 384 g/mol. The molecule has 0 unspecified atom stereocenters. The van der Waals surface area contributed by atoms with Gasteiger partial charge in [-0.05, 0) is 12.0 Å². The Labute approximate surface area is 159 Å². The maximum absolute atomic E-state index is 12.4. The van der Waals surface area contributed by atoms with Crippen LogP contribution in [0.4, 0.5) is 0 Å². The van der Waals surface area contributed by atoms with Crippen molar-refractivity contribution < 1.29 is 14.3 Å². The molecule has 0 spiro atoms. The summed E-state index contributed by atoms with van der Waals surface area (Å²) in [7, 11) is 2.84. The van der Waals surface area contributed by atoms with Crippen LogP contribution in [-0.4, -0.2) is 37.0 Å². The van der Waals surface area contributed by atoms with E-state index in [1.165, 1.54) is 29.6 Å². The van der Waals surface area contributed by atoms with E-state index in [1.807, 2.05) is 19.1 Å². The van der Waals surface area contributed by atoms with Crippen LogP contribution in [-0.2, 0) is 36.6 Å². The molecule has 0 atom stereocenters. The molecule has 9 nitrogen and oxygen atoms in total. The Morgan fingerprint density at radius 2 is 1.75 bits per heavy atom. The Kier molecular flexibility index (Phi) is 5.25. The first kappa shape index (κ1) is 19.3. The lowest BCUT2D eigenvalue weighted by atomic mass is 10.1. The lowest BCUT2D eigenvalue weighted by Gasteiger charge is -2.07. The summed E-state index contributed by atoms with van der Waals surface area (Å²) in [4.78, 5) is 52.6. The van der Waals surface area contributed by atoms with Crippen molar-refractivity contribution in [3.8, 4) is 0 Å². The zero-order valence-corrected chi connectivity index (χ0v) is 15.8. The molecular formula is C19H20N4O5. The molecule has 28 heavy (non-hydrogen) atoms. The molecule has 0 radical (unpaired) electrons. The van der Waals surface area contributed by atoms with Gasteiger partial charge in [-0.2, -0.15) is 0 Å². The van der Waals surface area contributed by atoms with Gasteiger partial charge in [-0.15, -0.1) is 0 Å². The molecule has 3 rings (SSSR count). The first-order chi connectivity index (χ1) is 13.3. The van der Waals surface area contributed by atoms with Crippen molar-refractivity contribution in [3.05, 3.63) is 62.6 Å². The number of carbonyl (C=O) groups excluding carboxylic acids is 2. The van der Waals surface area contributed by atoms with Crippen LogP contribution in [0.25, 0.3) is 11.2 Å². The number of ketones is 1. The number of ether oxygens (including phenoxy) is 1. The number of nitrogens with zero attached hydrogens (tertiary/aromatic N) is 4. The molecule has 2 aromatic heterocycles. The average Bonchev–Trinajstić information content (AvgIpc) is 3.12. The van der Waals surface area contributed by atoms with E-state index < -0.39 is 23.8 Å². The van der Waals surface area contributed by atoms with E-state index >= 15 is 0 Å². The Balaban J connectivity index is 1.72. The molecule has 0 aliphatic rings. The highest BCUT2D eigenvalue weighted by Crippen LogP contribution is 2.08. The van der Waals surface area contributed by atoms with E-state index in [0.29, 0.717) is 5.56 Å². The summed E-state index contributed by atoms with van der Waals surface area (Å²) in [5, 5.41) is 0. The number of fused-ring (bicyclic) bond motifs is 1. The highest BCUT2D eigenvalue weighted by Gasteiger charge is 2.17. The molecule has 0 saturated carbocycles. The Morgan fingerprint density at radius 1 is 1.07 bits per heavy atom. The second kappa shape index (κ2) is 7.63. The van der Waals surface area contributed by atoms with Crippen molar-refractivity contribution in [3.63, 3.8) is 0 Å². The zero-order chi connectivity index (χ0) is 20.4. The van der Waals surface area contributed by atoms with Crippen LogP contribution in [0.2, 0.25) is 0 Å². The van der Waals surface area contributed by atoms with Gasteiger partial charge < -0.3 is 9.30 Å². The third kappa shape index (κ3) is 3.51. The number of aryl methyl sites for hydroxylation is 2. The van der Waals surface area contributed by atoms with Gasteiger partial charge in [-0.3, -0.25) is 23.5 Å². The van der Waals surface area contributed by atoms with Gasteiger partial charge in [0.15, 0.2) is 23.6 Å². The summed E-state index contributed by atoms with van der Waals surface area (Å²) in [5.41, 5.74) is 0.787. The molecule has 146 valence electrons. The van der Waals surface area contributed by atoms with Crippen LogP contribution >= 0.6 is 0 Å². The topological polar surface area (TPSA) is 105 Å². The lowest BCUT2D eigenvalue weighted by Crippen LogP contribution is -2.37. The smallest absolute Gasteiger partial charge is 0.332 e. The number of carbonyl (C=O) groups is 2. The van der Waals surface area contributed by atoms with Crippen LogP contribution in [0.3, 0.4) is 0 Å². The van der Waals surface area contributed by atoms with Gasteiger partial charge in [0.1, 0.15) is 6.54 Å².